The van der Waals surface area contributed by atoms with Crippen LogP contribution in [0.4, 0.5) is 8.78 Å². The zero-order valence-electron chi connectivity index (χ0n) is 14.9. The van der Waals surface area contributed by atoms with Crippen molar-refractivity contribution in [1.29, 1.82) is 0 Å². The van der Waals surface area contributed by atoms with Crippen molar-refractivity contribution in [2.24, 2.45) is 5.92 Å². The van der Waals surface area contributed by atoms with Crippen LogP contribution < -0.4 is 0 Å². The first-order valence-corrected chi connectivity index (χ1v) is 9.19. The van der Waals surface area contributed by atoms with E-state index in [0.29, 0.717) is 26.3 Å². The number of alkyl halides is 2. The largest absolute Gasteiger partial charge is 0.372 e. The Hall–Kier alpha value is -1.60. The predicted molar refractivity (Wildman–Crippen MR) is 89.7 cm³/mol. The molecule has 3 aliphatic rings. The quantitative estimate of drug-likeness (QED) is 0.822. The maximum absolute atomic E-state index is 13.0. The molecule has 26 heavy (non-hydrogen) atoms. The van der Waals surface area contributed by atoms with Gasteiger partial charge in [-0.15, -0.1) is 0 Å². The summed E-state index contributed by atoms with van der Waals surface area (Å²) in [5, 5.41) is 0. The number of nitrogens with zero attached hydrogens (tertiary/aromatic N) is 2. The molecule has 1 amide bonds. The van der Waals surface area contributed by atoms with Crippen molar-refractivity contribution in [2.45, 2.75) is 56.8 Å². The first-order valence-electron chi connectivity index (χ1n) is 9.19. The lowest BCUT2D eigenvalue weighted by Crippen LogP contribution is -2.68. The van der Waals surface area contributed by atoms with E-state index in [9.17, 15) is 13.6 Å². The van der Waals surface area contributed by atoms with Crippen LogP contribution in [0.3, 0.4) is 0 Å². The monoisotopic (exact) mass is 366 g/mol. The Labute approximate surface area is 151 Å². The summed E-state index contributed by atoms with van der Waals surface area (Å²) in [5.41, 5.74) is 1.50. The van der Waals surface area contributed by atoms with Crippen LogP contribution in [0.1, 0.15) is 37.1 Å². The highest BCUT2D eigenvalue weighted by atomic mass is 19.3. The topological polar surface area (TPSA) is 51.7 Å². The first-order chi connectivity index (χ1) is 12.3. The fourth-order valence-corrected chi connectivity index (χ4v) is 4.13. The van der Waals surface area contributed by atoms with Gasteiger partial charge in [-0.1, -0.05) is 6.07 Å². The Bertz CT molecular complexity index is 683. The highest BCUT2D eigenvalue weighted by molar-refractivity contribution is 5.81. The lowest BCUT2D eigenvalue weighted by molar-refractivity contribution is -0.211. The second kappa shape index (κ2) is 6.53. The van der Waals surface area contributed by atoms with Gasteiger partial charge in [0.2, 0.25) is 11.8 Å². The molecule has 3 heterocycles. The molecule has 1 aromatic heterocycles. The molecule has 1 spiro atoms. The molecule has 142 valence electrons. The van der Waals surface area contributed by atoms with Crippen LogP contribution in [0.15, 0.2) is 18.2 Å². The van der Waals surface area contributed by atoms with E-state index in [2.05, 4.69) is 4.98 Å². The van der Waals surface area contributed by atoms with Crippen molar-refractivity contribution >= 4 is 5.91 Å². The summed E-state index contributed by atoms with van der Waals surface area (Å²) in [6.45, 7) is 3.97. The van der Waals surface area contributed by atoms with E-state index in [1.807, 2.05) is 25.1 Å². The molecule has 1 aromatic rings. The van der Waals surface area contributed by atoms with E-state index in [1.165, 1.54) is 0 Å². The number of amides is 1. The number of carbonyl (C=O) groups is 1. The molecule has 0 radical (unpaired) electrons. The summed E-state index contributed by atoms with van der Waals surface area (Å²) in [7, 11) is 0. The van der Waals surface area contributed by atoms with Gasteiger partial charge < -0.3 is 14.4 Å². The summed E-state index contributed by atoms with van der Waals surface area (Å²) in [6, 6.07) is 5.86. The smallest absolute Gasteiger partial charge is 0.249 e. The number of aromatic nitrogens is 1. The third-order valence-corrected chi connectivity index (χ3v) is 5.57. The second-order valence-electron chi connectivity index (χ2n) is 7.88. The maximum Gasteiger partial charge on any atom is 0.249 e. The second-order valence-corrected chi connectivity index (χ2v) is 7.88. The molecule has 1 saturated carbocycles. The molecular weight excluding hydrogens is 342 g/mol. The molecule has 4 rings (SSSR count). The van der Waals surface area contributed by atoms with Crippen LogP contribution in [-0.2, 0) is 20.9 Å². The molecule has 3 fully saturated rings. The van der Waals surface area contributed by atoms with Gasteiger partial charge in [-0.3, -0.25) is 9.78 Å². The Kier molecular flexibility index (Phi) is 4.47. The van der Waals surface area contributed by atoms with Crippen molar-refractivity contribution < 1.29 is 23.0 Å². The third kappa shape index (κ3) is 3.60. The van der Waals surface area contributed by atoms with Gasteiger partial charge in [0.15, 0.2) is 0 Å². The normalized spacial score (nSPS) is 27.0. The van der Waals surface area contributed by atoms with E-state index in [4.69, 9.17) is 9.47 Å². The van der Waals surface area contributed by atoms with E-state index < -0.39 is 11.8 Å². The molecular formula is C19H24F2N2O3. The molecule has 2 aliphatic heterocycles. The van der Waals surface area contributed by atoms with Gasteiger partial charge in [-0.05, 0) is 25.5 Å². The van der Waals surface area contributed by atoms with Crippen molar-refractivity contribution in [3.05, 3.63) is 29.6 Å². The van der Waals surface area contributed by atoms with Crippen molar-refractivity contribution in [3.8, 4) is 0 Å². The average molecular weight is 366 g/mol. The van der Waals surface area contributed by atoms with Crippen LogP contribution in [0.5, 0.6) is 0 Å². The Balaban J connectivity index is 1.26. The Morgan fingerprint density at radius 1 is 1.35 bits per heavy atom. The summed E-state index contributed by atoms with van der Waals surface area (Å²) in [6.07, 6.45) is 0.979. The molecule has 0 N–H and O–H groups in total. The van der Waals surface area contributed by atoms with Crippen LogP contribution in [-0.4, -0.2) is 53.1 Å². The molecule has 1 atom stereocenters. The number of aryl methyl sites for hydroxylation is 1. The van der Waals surface area contributed by atoms with Crippen LogP contribution in [0.2, 0.25) is 0 Å². The average Bonchev–Trinajstić information content (AvgIpc) is 2.55. The number of rotatable bonds is 4. The van der Waals surface area contributed by atoms with Crippen molar-refractivity contribution in [2.75, 3.05) is 19.7 Å². The maximum atomic E-state index is 13.0. The summed E-state index contributed by atoms with van der Waals surface area (Å²) < 4.78 is 37.9. The highest BCUT2D eigenvalue weighted by Crippen LogP contribution is 2.45. The molecule has 0 unspecified atom stereocenters. The van der Waals surface area contributed by atoms with Gasteiger partial charge >= 0.3 is 0 Å². The van der Waals surface area contributed by atoms with Gasteiger partial charge in [0.25, 0.3) is 0 Å². The molecule has 2 saturated heterocycles. The standard InChI is InChI=1S/C19H24F2N2O3/c1-13-3-2-4-15(22-13)10-25-16-5-6-26-18(9-16)11-23(12-18)17(24)14-7-19(20,21)8-14/h2-4,14,16H,5-12H2,1H3/t16-/m1/s1. The van der Waals surface area contributed by atoms with Gasteiger partial charge in [0, 0.05) is 37.5 Å². The van der Waals surface area contributed by atoms with Gasteiger partial charge in [0.05, 0.1) is 31.5 Å². The fraction of sp³-hybridized carbons (Fsp3) is 0.684. The molecule has 5 nitrogen and oxygen atoms in total. The number of hydrogen-bond donors (Lipinski definition) is 0. The molecule has 0 aromatic carbocycles. The lowest BCUT2D eigenvalue weighted by atomic mass is 9.77. The fourth-order valence-electron chi connectivity index (χ4n) is 4.13. The van der Waals surface area contributed by atoms with Gasteiger partial charge in [-0.25, -0.2) is 8.78 Å². The summed E-state index contributed by atoms with van der Waals surface area (Å²) in [5.74, 6) is -3.34. The van der Waals surface area contributed by atoms with Crippen LogP contribution >= 0.6 is 0 Å². The predicted octanol–water partition coefficient (Wildman–Crippen LogP) is 2.71. The number of likely N-dealkylation sites (tertiary alicyclic amines) is 1. The number of ether oxygens (including phenoxy) is 2. The minimum absolute atomic E-state index is 0.0661. The SMILES string of the molecule is Cc1cccc(CO[C@@H]2CCOC3(C2)CN(C(=O)C2CC(F)(F)C2)C3)n1. The van der Waals surface area contributed by atoms with E-state index in [-0.39, 0.29) is 30.5 Å². The highest BCUT2D eigenvalue weighted by Gasteiger charge is 2.55. The summed E-state index contributed by atoms with van der Waals surface area (Å²) >= 11 is 0. The zero-order chi connectivity index (χ0) is 18.4. The lowest BCUT2D eigenvalue weighted by Gasteiger charge is -2.54. The first kappa shape index (κ1) is 17.8. The molecule has 7 heteroatoms. The molecule has 0 bridgehead atoms. The van der Waals surface area contributed by atoms with E-state index in [0.717, 1.165) is 24.2 Å². The number of halogens is 2. The van der Waals surface area contributed by atoms with Crippen molar-refractivity contribution in [3.63, 3.8) is 0 Å². The zero-order valence-corrected chi connectivity index (χ0v) is 14.9. The van der Waals surface area contributed by atoms with Gasteiger partial charge in [0.1, 0.15) is 5.60 Å². The Morgan fingerprint density at radius 3 is 2.81 bits per heavy atom. The van der Waals surface area contributed by atoms with Crippen LogP contribution in [0, 0.1) is 12.8 Å². The summed E-state index contributed by atoms with van der Waals surface area (Å²) in [4.78, 5) is 18.3. The minimum Gasteiger partial charge on any atom is -0.372 e. The van der Waals surface area contributed by atoms with Gasteiger partial charge in [-0.2, -0.15) is 0 Å². The van der Waals surface area contributed by atoms with Crippen molar-refractivity contribution in [1.82, 2.24) is 9.88 Å². The number of pyridine rings is 1. The van der Waals surface area contributed by atoms with E-state index >= 15 is 0 Å². The Morgan fingerprint density at radius 2 is 2.12 bits per heavy atom. The van der Waals surface area contributed by atoms with E-state index in [1.54, 1.807) is 4.90 Å². The van der Waals surface area contributed by atoms with Crippen LogP contribution in [0.25, 0.3) is 0 Å². The molecule has 1 aliphatic carbocycles. The minimum atomic E-state index is -2.66. The number of carbonyl (C=O) groups excluding carboxylic acids is 1. The third-order valence-electron chi connectivity index (χ3n) is 5.57. The number of hydrogen-bond acceptors (Lipinski definition) is 4.